The first kappa shape index (κ1) is 11.0. The molecule has 0 aromatic carbocycles. The van der Waals surface area contributed by atoms with Crippen molar-refractivity contribution in [3.63, 3.8) is 0 Å². The molecule has 2 atom stereocenters. The smallest absolute Gasteiger partial charge is 0.0774 e. The second-order valence-electron chi connectivity index (χ2n) is 6.09. The van der Waals surface area contributed by atoms with E-state index < -0.39 is 0 Å². The van der Waals surface area contributed by atoms with E-state index in [1.165, 1.54) is 38.8 Å². The van der Waals surface area contributed by atoms with Gasteiger partial charge in [-0.25, -0.2) is 0 Å². The number of fused-ring (bicyclic) bond motifs is 1. The van der Waals surface area contributed by atoms with Gasteiger partial charge < -0.3 is 10.4 Å². The van der Waals surface area contributed by atoms with Gasteiger partial charge in [-0.15, -0.1) is 0 Å². The molecule has 1 aliphatic carbocycles. The van der Waals surface area contributed by atoms with Gasteiger partial charge in [-0.1, -0.05) is 12.8 Å². The highest BCUT2D eigenvalue weighted by Crippen LogP contribution is 2.33. The number of rotatable bonds is 2. The van der Waals surface area contributed by atoms with Crippen LogP contribution in [0.4, 0.5) is 0 Å². The Kier molecular flexibility index (Phi) is 2.94. The summed E-state index contributed by atoms with van der Waals surface area (Å²) in [7, 11) is 0. The van der Waals surface area contributed by atoms with Gasteiger partial charge in [0.05, 0.1) is 5.60 Å². The summed E-state index contributed by atoms with van der Waals surface area (Å²) in [5.41, 5.74) is -0.354. The van der Waals surface area contributed by atoms with Crippen molar-refractivity contribution in [1.82, 2.24) is 10.2 Å². The average molecular weight is 224 g/mol. The van der Waals surface area contributed by atoms with E-state index in [-0.39, 0.29) is 5.60 Å². The van der Waals surface area contributed by atoms with Crippen LogP contribution in [0.25, 0.3) is 0 Å². The lowest BCUT2D eigenvalue weighted by molar-refractivity contribution is 0.0146. The van der Waals surface area contributed by atoms with Crippen LogP contribution in [0.5, 0.6) is 0 Å². The van der Waals surface area contributed by atoms with Crippen molar-refractivity contribution in [2.75, 3.05) is 26.2 Å². The van der Waals surface area contributed by atoms with Crippen LogP contribution >= 0.6 is 0 Å². The second-order valence-corrected chi connectivity index (χ2v) is 6.09. The Hall–Kier alpha value is -0.120. The van der Waals surface area contributed by atoms with Gasteiger partial charge in [0, 0.05) is 25.7 Å². The van der Waals surface area contributed by atoms with Gasteiger partial charge >= 0.3 is 0 Å². The summed E-state index contributed by atoms with van der Waals surface area (Å²) >= 11 is 0. The third-order valence-corrected chi connectivity index (χ3v) is 4.73. The van der Waals surface area contributed by atoms with E-state index in [4.69, 9.17) is 0 Å². The van der Waals surface area contributed by atoms with Crippen molar-refractivity contribution in [3.8, 4) is 0 Å². The maximum Gasteiger partial charge on any atom is 0.0774 e. The molecule has 3 nitrogen and oxygen atoms in total. The van der Waals surface area contributed by atoms with Gasteiger partial charge in [0.1, 0.15) is 0 Å². The van der Waals surface area contributed by atoms with Gasteiger partial charge in [0.2, 0.25) is 0 Å². The first-order chi connectivity index (χ1) is 7.75. The van der Waals surface area contributed by atoms with Crippen LogP contribution < -0.4 is 5.32 Å². The Morgan fingerprint density at radius 2 is 2.00 bits per heavy atom. The summed E-state index contributed by atoms with van der Waals surface area (Å²) in [6, 6.07) is 0.707. The largest absolute Gasteiger partial charge is 0.389 e. The van der Waals surface area contributed by atoms with Crippen LogP contribution in [-0.4, -0.2) is 47.8 Å². The molecule has 0 aromatic heterocycles. The normalized spacial score (nSPS) is 38.8. The Morgan fingerprint density at radius 3 is 2.75 bits per heavy atom. The predicted molar refractivity (Wildman–Crippen MR) is 64.4 cm³/mol. The van der Waals surface area contributed by atoms with Crippen molar-refractivity contribution >= 4 is 0 Å². The molecule has 0 bridgehead atoms. The van der Waals surface area contributed by atoms with E-state index in [2.05, 4.69) is 10.2 Å². The lowest BCUT2D eigenvalue weighted by Crippen LogP contribution is -2.42. The fourth-order valence-electron chi connectivity index (χ4n) is 3.87. The molecule has 3 rings (SSSR count). The van der Waals surface area contributed by atoms with Crippen LogP contribution in [0.15, 0.2) is 0 Å². The molecular weight excluding hydrogens is 200 g/mol. The molecule has 0 aromatic rings. The summed E-state index contributed by atoms with van der Waals surface area (Å²) in [5, 5.41) is 14.0. The molecule has 2 aliphatic heterocycles. The molecule has 0 amide bonds. The molecular formula is C13H24N2O. The molecule has 1 saturated carbocycles. The fraction of sp³-hybridized carbons (Fsp3) is 1.00. The summed E-state index contributed by atoms with van der Waals surface area (Å²) in [6.07, 6.45) is 7.19. The first-order valence-corrected chi connectivity index (χ1v) is 6.93. The number of hydrogen-bond acceptors (Lipinski definition) is 3. The van der Waals surface area contributed by atoms with Gasteiger partial charge in [-0.2, -0.15) is 0 Å². The molecule has 3 fully saturated rings. The molecule has 3 heteroatoms. The summed E-state index contributed by atoms with van der Waals surface area (Å²) in [5.74, 6) is 0.846. The lowest BCUT2D eigenvalue weighted by atomic mass is 9.94. The SMILES string of the molecule is OC1(CN2C[C@@H]3CCCN[C@@H]3C2)CCCC1. The Balaban J connectivity index is 1.56. The molecule has 92 valence electrons. The van der Waals surface area contributed by atoms with Crippen molar-refractivity contribution in [1.29, 1.82) is 0 Å². The van der Waals surface area contributed by atoms with Gasteiger partial charge in [0.15, 0.2) is 0 Å². The highest BCUT2D eigenvalue weighted by Gasteiger charge is 2.39. The number of nitrogens with one attached hydrogen (secondary N) is 1. The maximum absolute atomic E-state index is 10.4. The highest BCUT2D eigenvalue weighted by atomic mass is 16.3. The van der Waals surface area contributed by atoms with E-state index >= 15 is 0 Å². The maximum atomic E-state index is 10.4. The summed E-state index contributed by atoms with van der Waals surface area (Å²) in [4.78, 5) is 2.50. The molecule has 0 unspecified atom stereocenters. The van der Waals surface area contributed by atoms with Crippen molar-refractivity contribution in [2.45, 2.75) is 50.2 Å². The highest BCUT2D eigenvalue weighted by molar-refractivity contribution is 4.95. The molecule has 2 heterocycles. The third-order valence-electron chi connectivity index (χ3n) is 4.73. The van der Waals surface area contributed by atoms with E-state index in [0.29, 0.717) is 6.04 Å². The number of β-amino-alcohol motifs (C(OH)–C–C–N with tert-alkyl or cyclic N) is 1. The molecule has 3 aliphatic rings. The predicted octanol–water partition coefficient (Wildman–Crippen LogP) is 0.975. The Labute approximate surface area is 98.2 Å². The van der Waals surface area contributed by atoms with E-state index in [1.807, 2.05) is 0 Å². The Morgan fingerprint density at radius 1 is 1.19 bits per heavy atom. The van der Waals surface area contributed by atoms with E-state index in [9.17, 15) is 5.11 Å². The topological polar surface area (TPSA) is 35.5 Å². The monoisotopic (exact) mass is 224 g/mol. The van der Waals surface area contributed by atoms with Crippen LogP contribution in [0.3, 0.4) is 0 Å². The zero-order valence-electron chi connectivity index (χ0n) is 10.1. The quantitative estimate of drug-likeness (QED) is 0.734. The number of nitrogens with zero attached hydrogens (tertiary/aromatic N) is 1. The van der Waals surface area contributed by atoms with E-state index in [0.717, 1.165) is 31.8 Å². The van der Waals surface area contributed by atoms with Crippen molar-refractivity contribution in [3.05, 3.63) is 0 Å². The molecule has 2 N–H and O–H groups in total. The van der Waals surface area contributed by atoms with Gasteiger partial charge in [0.25, 0.3) is 0 Å². The van der Waals surface area contributed by atoms with Crippen LogP contribution in [-0.2, 0) is 0 Å². The molecule has 0 spiro atoms. The average Bonchev–Trinajstić information content (AvgIpc) is 2.84. The van der Waals surface area contributed by atoms with Crippen LogP contribution in [0.1, 0.15) is 38.5 Å². The summed E-state index contributed by atoms with van der Waals surface area (Å²) in [6.45, 7) is 4.48. The van der Waals surface area contributed by atoms with Crippen molar-refractivity contribution < 1.29 is 5.11 Å². The fourth-order valence-corrected chi connectivity index (χ4v) is 3.87. The Bertz CT molecular complexity index is 236. The minimum Gasteiger partial charge on any atom is -0.389 e. The number of aliphatic hydroxyl groups is 1. The minimum atomic E-state index is -0.354. The minimum absolute atomic E-state index is 0.354. The first-order valence-electron chi connectivity index (χ1n) is 6.93. The van der Waals surface area contributed by atoms with Crippen LogP contribution in [0.2, 0.25) is 0 Å². The lowest BCUT2D eigenvalue weighted by Gasteiger charge is -2.28. The van der Waals surface area contributed by atoms with Gasteiger partial charge in [-0.05, 0) is 38.1 Å². The standard InChI is InChI=1S/C13H24N2O/c16-13(5-1-2-6-13)10-15-8-11-4-3-7-14-12(11)9-15/h11-12,14,16H,1-10H2/t11-,12+/m0/s1. The van der Waals surface area contributed by atoms with Gasteiger partial charge in [-0.3, -0.25) is 4.90 Å². The third kappa shape index (κ3) is 2.13. The molecule has 2 saturated heterocycles. The zero-order chi connectivity index (χ0) is 11.0. The zero-order valence-corrected chi connectivity index (χ0v) is 10.1. The second kappa shape index (κ2) is 4.28. The van der Waals surface area contributed by atoms with E-state index in [1.54, 1.807) is 0 Å². The van der Waals surface area contributed by atoms with Crippen molar-refractivity contribution in [2.24, 2.45) is 5.92 Å². The number of hydrogen-bond donors (Lipinski definition) is 2. The molecule has 0 radical (unpaired) electrons. The van der Waals surface area contributed by atoms with Crippen LogP contribution in [0, 0.1) is 5.92 Å². The number of likely N-dealkylation sites (tertiary alicyclic amines) is 1. The molecule has 16 heavy (non-hydrogen) atoms. The number of piperidine rings is 1. The summed E-state index contributed by atoms with van der Waals surface area (Å²) < 4.78 is 0.